The minimum absolute atomic E-state index is 0.101. The number of benzene rings is 1. The largest absolute Gasteiger partial charge is 0.481 e. The highest BCUT2D eigenvalue weighted by atomic mass is 79.9. The van der Waals surface area contributed by atoms with Gasteiger partial charge in [-0.05, 0) is 28.9 Å². The Kier molecular flexibility index (Phi) is 4.64. The van der Waals surface area contributed by atoms with Gasteiger partial charge in [0.1, 0.15) is 0 Å². The number of carbonyl (C=O) groups excluding carboxylic acids is 1. The Morgan fingerprint density at radius 2 is 1.95 bits per heavy atom. The first-order valence-electron chi connectivity index (χ1n) is 6.13. The van der Waals surface area contributed by atoms with Gasteiger partial charge in [-0.1, -0.05) is 18.2 Å². The first-order chi connectivity index (χ1) is 10.3. The number of hydrogen-bond donors (Lipinski definition) is 1. The van der Waals surface area contributed by atoms with E-state index in [9.17, 15) is 13.2 Å². The Bertz CT molecular complexity index is 850. The van der Waals surface area contributed by atoms with Crippen LogP contribution in [0.1, 0.15) is 17.3 Å². The fourth-order valence-electron chi connectivity index (χ4n) is 2.14. The second-order valence-electron chi connectivity index (χ2n) is 4.46. The number of ketones is 1. The Labute approximate surface area is 136 Å². The van der Waals surface area contributed by atoms with Crippen molar-refractivity contribution in [2.75, 3.05) is 7.11 Å². The number of aromatic nitrogens is 1. The fraction of sp³-hybridized carbons (Fsp3) is 0.143. The molecule has 0 amide bonds. The van der Waals surface area contributed by atoms with E-state index in [2.05, 4.69) is 20.9 Å². The fourth-order valence-corrected chi connectivity index (χ4v) is 3.47. The van der Waals surface area contributed by atoms with Crippen molar-refractivity contribution in [1.29, 1.82) is 0 Å². The lowest BCUT2D eigenvalue weighted by Crippen LogP contribution is -2.14. The SMILES string of the molecule is COc1ncc(Br)c(C(C)=O)c1-c1ccccc1S(N)(=O)=O. The van der Waals surface area contributed by atoms with Crippen molar-refractivity contribution in [1.82, 2.24) is 4.98 Å². The molecule has 2 aromatic rings. The Morgan fingerprint density at radius 1 is 1.32 bits per heavy atom. The smallest absolute Gasteiger partial charge is 0.238 e. The molecule has 0 spiro atoms. The van der Waals surface area contributed by atoms with Gasteiger partial charge in [-0.2, -0.15) is 0 Å². The molecule has 0 bridgehead atoms. The van der Waals surface area contributed by atoms with Gasteiger partial charge in [0.2, 0.25) is 15.9 Å². The van der Waals surface area contributed by atoms with Crippen molar-refractivity contribution in [2.45, 2.75) is 11.8 Å². The van der Waals surface area contributed by atoms with Gasteiger partial charge in [0.25, 0.3) is 0 Å². The molecule has 0 aliphatic rings. The van der Waals surface area contributed by atoms with Crippen molar-refractivity contribution in [3.63, 3.8) is 0 Å². The number of primary sulfonamides is 1. The van der Waals surface area contributed by atoms with Crippen LogP contribution in [0.25, 0.3) is 11.1 Å². The highest BCUT2D eigenvalue weighted by Gasteiger charge is 2.24. The molecular weight excluding hydrogens is 372 g/mol. The van der Waals surface area contributed by atoms with Crippen LogP contribution in [0.3, 0.4) is 0 Å². The number of methoxy groups -OCH3 is 1. The van der Waals surface area contributed by atoms with Crippen LogP contribution in [0, 0.1) is 0 Å². The van der Waals surface area contributed by atoms with Gasteiger partial charge in [0.05, 0.1) is 17.6 Å². The summed E-state index contributed by atoms with van der Waals surface area (Å²) in [5, 5.41) is 5.27. The molecule has 116 valence electrons. The number of sulfonamides is 1. The van der Waals surface area contributed by atoms with Gasteiger partial charge in [-0.3, -0.25) is 4.79 Å². The van der Waals surface area contributed by atoms with E-state index in [1.165, 1.54) is 26.3 Å². The molecule has 0 radical (unpaired) electrons. The second-order valence-corrected chi connectivity index (χ2v) is 6.85. The van der Waals surface area contributed by atoms with E-state index in [1.54, 1.807) is 18.2 Å². The van der Waals surface area contributed by atoms with E-state index >= 15 is 0 Å². The predicted molar refractivity (Wildman–Crippen MR) is 85.3 cm³/mol. The molecule has 2 N–H and O–H groups in total. The van der Waals surface area contributed by atoms with Gasteiger partial charge in [0.15, 0.2) is 5.78 Å². The van der Waals surface area contributed by atoms with Crippen LogP contribution in [0.15, 0.2) is 39.8 Å². The zero-order chi connectivity index (χ0) is 16.5. The molecule has 0 saturated carbocycles. The van der Waals surface area contributed by atoms with Crippen molar-refractivity contribution >= 4 is 31.7 Å². The van der Waals surface area contributed by atoms with Crippen LogP contribution in [-0.4, -0.2) is 26.3 Å². The van der Waals surface area contributed by atoms with Crippen LogP contribution >= 0.6 is 15.9 Å². The van der Waals surface area contributed by atoms with Crippen LogP contribution in [0.5, 0.6) is 5.88 Å². The summed E-state index contributed by atoms with van der Waals surface area (Å²) in [5.74, 6) is -0.115. The number of ether oxygens (including phenoxy) is 1. The quantitative estimate of drug-likeness (QED) is 0.815. The second kappa shape index (κ2) is 6.15. The zero-order valence-electron chi connectivity index (χ0n) is 11.8. The standard InChI is InChI=1S/C14H13BrN2O4S/c1-8(18)12-10(15)7-17-14(21-2)13(12)9-5-3-4-6-11(9)22(16,19)20/h3-7H,1-2H3,(H2,16,19,20). The summed E-state index contributed by atoms with van der Waals surface area (Å²) < 4.78 is 29.3. The van der Waals surface area contributed by atoms with Gasteiger partial charge in [-0.15, -0.1) is 0 Å². The predicted octanol–water partition coefficient (Wildman–Crippen LogP) is 2.37. The molecule has 1 aromatic heterocycles. The van der Waals surface area contributed by atoms with Crippen LogP contribution in [-0.2, 0) is 10.0 Å². The van der Waals surface area contributed by atoms with E-state index < -0.39 is 10.0 Å². The number of rotatable bonds is 4. The average molecular weight is 385 g/mol. The molecule has 6 nitrogen and oxygen atoms in total. The lowest BCUT2D eigenvalue weighted by molar-refractivity contribution is 0.101. The maximum absolute atomic E-state index is 12.0. The maximum atomic E-state index is 12.0. The molecule has 0 saturated heterocycles. The summed E-state index contributed by atoms with van der Waals surface area (Å²) in [5.41, 5.74) is 0.831. The number of hydrogen-bond acceptors (Lipinski definition) is 5. The van der Waals surface area contributed by atoms with Gasteiger partial charge >= 0.3 is 0 Å². The third-order valence-corrected chi connectivity index (χ3v) is 4.58. The molecule has 8 heteroatoms. The molecule has 0 aliphatic heterocycles. The van der Waals surface area contributed by atoms with Crippen LogP contribution in [0.2, 0.25) is 0 Å². The lowest BCUT2D eigenvalue weighted by atomic mass is 9.99. The molecule has 0 atom stereocenters. The molecule has 0 aliphatic carbocycles. The summed E-state index contributed by atoms with van der Waals surface area (Å²) in [6, 6.07) is 6.12. The third kappa shape index (κ3) is 3.03. The third-order valence-electron chi connectivity index (χ3n) is 3.01. The summed E-state index contributed by atoms with van der Waals surface area (Å²) in [6.07, 6.45) is 1.43. The summed E-state index contributed by atoms with van der Waals surface area (Å²) >= 11 is 3.26. The summed E-state index contributed by atoms with van der Waals surface area (Å²) in [7, 11) is -2.58. The number of pyridine rings is 1. The number of halogens is 1. The number of Topliss-reactive ketones (excluding diaryl/α,β-unsaturated/α-hetero) is 1. The van der Waals surface area contributed by atoms with Crippen molar-refractivity contribution in [2.24, 2.45) is 5.14 Å². The minimum Gasteiger partial charge on any atom is -0.481 e. The minimum atomic E-state index is -3.97. The van der Waals surface area contributed by atoms with Crippen molar-refractivity contribution < 1.29 is 17.9 Å². The van der Waals surface area contributed by atoms with E-state index in [0.29, 0.717) is 4.47 Å². The molecule has 22 heavy (non-hydrogen) atoms. The lowest BCUT2D eigenvalue weighted by Gasteiger charge is -2.15. The topological polar surface area (TPSA) is 99.3 Å². The first-order valence-corrected chi connectivity index (χ1v) is 8.47. The highest BCUT2D eigenvalue weighted by molar-refractivity contribution is 9.10. The average Bonchev–Trinajstić information content (AvgIpc) is 2.45. The van der Waals surface area contributed by atoms with Crippen molar-refractivity contribution in [3.8, 4) is 17.0 Å². The van der Waals surface area contributed by atoms with E-state index in [-0.39, 0.29) is 33.2 Å². The number of nitrogens with zero attached hydrogens (tertiary/aromatic N) is 1. The Hall–Kier alpha value is -1.77. The normalized spacial score (nSPS) is 11.3. The Morgan fingerprint density at radius 3 is 2.50 bits per heavy atom. The van der Waals surface area contributed by atoms with Crippen molar-refractivity contribution in [3.05, 3.63) is 40.5 Å². The van der Waals surface area contributed by atoms with E-state index in [4.69, 9.17) is 9.88 Å². The van der Waals surface area contributed by atoms with Gasteiger partial charge in [0, 0.05) is 21.8 Å². The van der Waals surface area contributed by atoms with Crippen LogP contribution in [0.4, 0.5) is 0 Å². The summed E-state index contributed by atoms with van der Waals surface area (Å²) in [4.78, 5) is 16.0. The Balaban J connectivity index is 2.95. The van der Waals surface area contributed by atoms with Gasteiger partial charge in [-0.25, -0.2) is 18.5 Å². The molecule has 1 aromatic carbocycles. The summed E-state index contributed by atoms with van der Waals surface area (Å²) in [6.45, 7) is 1.38. The molecule has 0 unspecified atom stereocenters. The van der Waals surface area contributed by atoms with Gasteiger partial charge < -0.3 is 4.74 Å². The molecule has 2 rings (SSSR count). The number of carbonyl (C=O) groups is 1. The number of nitrogens with two attached hydrogens (primary N) is 1. The maximum Gasteiger partial charge on any atom is 0.238 e. The highest BCUT2D eigenvalue weighted by Crippen LogP contribution is 2.38. The van der Waals surface area contributed by atoms with Crippen LogP contribution < -0.4 is 9.88 Å². The zero-order valence-corrected chi connectivity index (χ0v) is 14.2. The molecule has 0 fully saturated rings. The van der Waals surface area contributed by atoms with E-state index in [0.717, 1.165) is 0 Å². The molecule has 1 heterocycles. The molecular formula is C14H13BrN2O4S. The first kappa shape index (κ1) is 16.6. The monoisotopic (exact) mass is 384 g/mol. The van der Waals surface area contributed by atoms with E-state index in [1.807, 2.05) is 0 Å².